The number of H-pyrrole nitrogens is 1. The Morgan fingerprint density at radius 3 is 2.68 bits per heavy atom. The van der Waals surface area contributed by atoms with Crippen molar-refractivity contribution in [3.05, 3.63) is 16.3 Å². The molecule has 3 rings (SSSR count). The molecule has 1 N–H and O–H groups in total. The van der Waals surface area contributed by atoms with Gasteiger partial charge in [-0.25, -0.2) is 9.89 Å². The maximum Gasteiger partial charge on any atom is 0.343 e. The molecule has 0 spiro atoms. The van der Waals surface area contributed by atoms with E-state index in [2.05, 4.69) is 28.9 Å². The van der Waals surface area contributed by atoms with E-state index in [-0.39, 0.29) is 23.6 Å². The van der Waals surface area contributed by atoms with Crippen LogP contribution in [0.25, 0.3) is 0 Å². The summed E-state index contributed by atoms with van der Waals surface area (Å²) in [4.78, 5) is 29.4. The van der Waals surface area contributed by atoms with Gasteiger partial charge in [0.05, 0.1) is 5.92 Å². The predicted molar refractivity (Wildman–Crippen MR) is 96.4 cm³/mol. The third-order valence-electron chi connectivity index (χ3n) is 5.57. The van der Waals surface area contributed by atoms with E-state index in [1.165, 1.54) is 25.7 Å². The monoisotopic (exact) mass is 349 g/mol. The number of aromatic amines is 1. The van der Waals surface area contributed by atoms with E-state index >= 15 is 0 Å². The second kappa shape index (κ2) is 8.17. The average Bonchev–Trinajstić information content (AvgIpc) is 2.81. The Kier molecular flexibility index (Phi) is 5.93. The van der Waals surface area contributed by atoms with E-state index in [4.69, 9.17) is 0 Å². The minimum atomic E-state index is -0.201. The van der Waals surface area contributed by atoms with Crippen LogP contribution in [0.2, 0.25) is 0 Å². The zero-order chi connectivity index (χ0) is 17.8. The fourth-order valence-electron chi connectivity index (χ4n) is 4.01. The number of rotatable bonds is 5. The molecule has 1 saturated heterocycles. The molecule has 2 aliphatic heterocycles. The van der Waals surface area contributed by atoms with Crippen LogP contribution >= 0.6 is 0 Å². The highest BCUT2D eigenvalue weighted by Gasteiger charge is 2.31. The molecule has 25 heavy (non-hydrogen) atoms. The van der Waals surface area contributed by atoms with Crippen molar-refractivity contribution in [2.45, 2.75) is 65.0 Å². The van der Waals surface area contributed by atoms with Crippen molar-refractivity contribution in [3.8, 4) is 0 Å². The molecule has 0 aromatic carbocycles. The van der Waals surface area contributed by atoms with E-state index in [1.54, 1.807) is 4.57 Å². The van der Waals surface area contributed by atoms with Crippen LogP contribution in [0.15, 0.2) is 4.79 Å². The lowest BCUT2D eigenvalue weighted by Gasteiger charge is -2.34. The Morgan fingerprint density at radius 1 is 1.28 bits per heavy atom. The first-order valence-corrected chi connectivity index (χ1v) is 9.73. The number of carbonyl (C=O) groups excluding carboxylic acids is 1. The number of aromatic nitrogens is 3. The molecule has 7 nitrogen and oxygen atoms in total. The minimum absolute atomic E-state index is 0.116. The van der Waals surface area contributed by atoms with Crippen molar-refractivity contribution in [2.24, 2.45) is 5.92 Å². The maximum absolute atomic E-state index is 13.1. The Hall–Kier alpha value is -1.63. The fraction of sp³-hybridized carbons (Fsp3) is 0.833. The standard InChI is InChI=1S/C18H31N5O2/c1-14(2)22(12-11-21-9-5-3-4-6-10-21)17(24)15-7-8-16-19-20-18(25)23(16)13-15/h14-15H,3-13H2,1-2H3,(H,20,25). The van der Waals surface area contributed by atoms with Gasteiger partial charge in [0.25, 0.3) is 0 Å². The number of hydrogen-bond acceptors (Lipinski definition) is 4. The van der Waals surface area contributed by atoms with Gasteiger partial charge in [0.15, 0.2) is 0 Å². The van der Waals surface area contributed by atoms with Crippen LogP contribution in [0, 0.1) is 5.92 Å². The lowest BCUT2D eigenvalue weighted by atomic mass is 9.97. The second-order valence-corrected chi connectivity index (χ2v) is 7.67. The summed E-state index contributed by atoms with van der Waals surface area (Å²) in [6.07, 6.45) is 6.65. The Balaban J connectivity index is 1.61. The second-order valence-electron chi connectivity index (χ2n) is 7.67. The van der Waals surface area contributed by atoms with Crippen molar-refractivity contribution in [2.75, 3.05) is 26.2 Å². The van der Waals surface area contributed by atoms with Gasteiger partial charge >= 0.3 is 5.69 Å². The van der Waals surface area contributed by atoms with Gasteiger partial charge in [-0.1, -0.05) is 12.8 Å². The molecule has 2 aliphatic rings. The Labute approximate surface area is 149 Å². The summed E-state index contributed by atoms with van der Waals surface area (Å²) < 4.78 is 1.62. The average molecular weight is 349 g/mol. The third kappa shape index (κ3) is 4.32. The lowest BCUT2D eigenvalue weighted by molar-refractivity contribution is -0.138. The fourth-order valence-corrected chi connectivity index (χ4v) is 4.01. The zero-order valence-electron chi connectivity index (χ0n) is 15.5. The molecule has 1 amide bonds. The third-order valence-corrected chi connectivity index (χ3v) is 5.57. The number of nitrogens with one attached hydrogen (secondary N) is 1. The molecule has 1 unspecified atom stereocenters. The number of amides is 1. The topological polar surface area (TPSA) is 74.2 Å². The summed E-state index contributed by atoms with van der Waals surface area (Å²) in [6, 6.07) is 0.182. The van der Waals surface area contributed by atoms with Crippen LogP contribution in [-0.4, -0.2) is 62.7 Å². The number of hydrogen-bond donors (Lipinski definition) is 1. The maximum atomic E-state index is 13.1. The quantitative estimate of drug-likeness (QED) is 0.868. The molecule has 3 heterocycles. The summed E-state index contributed by atoms with van der Waals surface area (Å²) >= 11 is 0. The highest BCUT2D eigenvalue weighted by molar-refractivity contribution is 5.79. The van der Waals surface area contributed by atoms with E-state index < -0.39 is 0 Å². The number of nitrogens with zero attached hydrogens (tertiary/aromatic N) is 4. The van der Waals surface area contributed by atoms with E-state index in [0.717, 1.165) is 38.4 Å². The van der Waals surface area contributed by atoms with Crippen LogP contribution in [0.1, 0.15) is 51.8 Å². The van der Waals surface area contributed by atoms with Crippen molar-refractivity contribution < 1.29 is 4.79 Å². The van der Waals surface area contributed by atoms with Gasteiger partial charge in [-0.15, -0.1) is 0 Å². The van der Waals surface area contributed by atoms with Gasteiger partial charge in [0.2, 0.25) is 5.91 Å². The summed E-state index contributed by atoms with van der Waals surface area (Å²) in [5.41, 5.74) is -0.201. The normalized spacial score (nSPS) is 21.8. The van der Waals surface area contributed by atoms with E-state index in [0.29, 0.717) is 13.0 Å². The van der Waals surface area contributed by atoms with Gasteiger partial charge in [-0.05, 0) is 46.2 Å². The molecule has 0 saturated carbocycles. The molecule has 1 atom stereocenters. The molecule has 1 fully saturated rings. The molecule has 7 heteroatoms. The summed E-state index contributed by atoms with van der Waals surface area (Å²) in [5, 5.41) is 6.52. The molecule has 1 aromatic heterocycles. The summed E-state index contributed by atoms with van der Waals surface area (Å²) in [5.74, 6) is 0.840. The predicted octanol–water partition coefficient (Wildman–Crippen LogP) is 1.25. The molecular formula is C18H31N5O2. The van der Waals surface area contributed by atoms with Crippen LogP contribution in [0.5, 0.6) is 0 Å². The van der Waals surface area contributed by atoms with Crippen molar-refractivity contribution >= 4 is 5.91 Å². The van der Waals surface area contributed by atoms with Crippen molar-refractivity contribution in [1.29, 1.82) is 0 Å². The Bertz CT molecular complexity index is 628. The van der Waals surface area contributed by atoms with Crippen LogP contribution in [0.4, 0.5) is 0 Å². The smallest absolute Gasteiger partial charge is 0.339 e. The van der Waals surface area contributed by atoms with Crippen LogP contribution < -0.4 is 5.69 Å². The first kappa shape index (κ1) is 18.2. The van der Waals surface area contributed by atoms with Gasteiger partial charge in [0.1, 0.15) is 5.82 Å². The molecule has 140 valence electrons. The molecule has 0 radical (unpaired) electrons. The molecule has 0 aliphatic carbocycles. The number of fused-ring (bicyclic) bond motifs is 1. The molecule has 1 aromatic rings. The zero-order valence-corrected chi connectivity index (χ0v) is 15.5. The van der Waals surface area contributed by atoms with E-state index in [1.807, 2.05) is 4.90 Å². The molecule has 0 bridgehead atoms. The molecular weight excluding hydrogens is 318 g/mol. The number of aryl methyl sites for hydroxylation is 1. The SMILES string of the molecule is CC(C)N(CCN1CCCCCC1)C(=O)C1CCc2n[nH]c(=O)n2C1. The first-order chi connectivity index (χ1) is 12.1. The highest BCUT2D eigenvalue weighted by Crippen LogP contribution is 2.20. The summed E-state index contributed by atoms with van der Waals surface area (Å²) in [7, 11) is 0. The number of carbonyl (C=O) groups is 1. The van der Waals surface area contributed by atoms with Gasteiger partial charge in [0, 0.05) is 32.1 Å². The van der Waals surface area contributed by atoms with E-state index in [9.17, 15) is 9.59 Å². The number of likely N-dealkylation sites (tertiary alicyclic amines) is 1. The minimum Gasteiger partial charge on any atom is -0.339 e. The van der Waals surface area contributed by atoms with Gasteiger partial charge in [-0.2, -0.15) is 5.10 Å². The Morgan fingerprint density at radius 2 is 2.00 bits per heavy atom. The first-order valence-electron chi connectivity index (χ1n) is 9.73. The van der Waals surface area contributed by atoms with Gasteiger partial charge < -0.3 is 9.80 Å². The van der Waals surface area contributed by atoms with Crippen molar-refractivity contribution in [1.82, 2.24) is 24.6 Å². The van der Waals surface area contributed by atoms with Gasteiger partial charge in [-0.3, -0.25) is 9.36 Å². The van der Waals surface area contributed by atoms with Crippen LogP contribution in [-0.2, 0) is 17.8 Å². The van der Waals surface area contributed by atoms with Crippen molar-refractivity contribution in [3.63, 3.8) is 0 Å². The lowest BCUT2D eigenvalue weighted by Crippen LogP contribution is -2.47. The largest absolute Gasteiger partial charge is 0.343 e. The highest BCUT2D eigenvalue weighted by atomic mass is 16.2. The van der Waals surface area contributed by atoms with Crippen LogP contribution in [0.3, 0.4) is 0 Å². The summed E-state index contributed by atoms with van der Waals surface area (Å²) in [6.45, 7) is 8.65.